The second kappa shape index (κ2) is 17.7. The molecule has 0 heterocycles. The van der Waals surface area contributed by atoms with E-state index >= 15 is 0 Å². The molecule has 0 radical (unpaired) electrons. The third kappa shape index (κ3) is 12.9. The van der Waals surface area contributed by atoms with Gasteiger partial charge in [-0.1, -0.05) is 44.5 Å². The van der Waals surface area contributed by atoms with Crippen LogP contribution in [-0.2, 0) is 16.0 Å². The standard InChI is InChI=1S/C27H41F3N4O2/c1-5-7-13-26(31-15-10-16-34(4)17-20-36-19-11-18-35)24(27(28,29)30)21-32-22(3)33-25-14-9-8-12-23(25)6-2/h8-9,12-14,18,21,31H,5-7,10-11,15-17,19-20H2,1-4H3,(H,32,33)/b24-21+,26-13-. The van der Waals surface area contributed by atoms with Gasteiger partial charge in [-0.3, -0.25) is 0 Å². The van der Waals surface area contributed by atoms with Crippen LogP contribution >= 0.6 is 0 Å². The van der Waals surface area contributed by atoms with Gasteiger partial charge in [0.15, 0.2) is 0 Å². The second-order valence-corrected chi connectivity index (χ2v) is 8.45. The molecular formula is C27H41F3N4O2. The van der Waals surface area contributed by atoms with E-state index in [2.05, 4.69) is 15.6 Å². The number of nitrogens with one attached hydrogen (secondary N) is 2. The van der Waals surface area contributed by atoms with Crippen LogP contribution in [0.1, 0.15) is 52.0 Å². The van der Waals surface area contributed by atoms with Gasteiger partial charge in [0.2, 0.25) is 0 Å². The Kier molecular flexibility index (Phi) is 15.5. The maximum atomic E-state index is 14.0. The smallest absolute Gasteiger partial charge is 0.385 e. The molecule has 0 aliphatic heterocycles. The van der Waals surface area contributed by atoms with Crippen molar-refractivity contribution in [2.24, 2.45) is 4.99 Å². The van der Waals surface area contributed by atoms with Crippen LogP contribution in [0.5, 0.6) is 0 Å². The Morgan fingerprint density at radius 2 is 1.89 bits per heavy atom. The molecule has 202 valence electrons. The molecule has 1 rings (SSSR count). The maximum absolute atomic E-state index is 14.0. The molecule has 1 aromatic rings. The molecule has 1 aromatic carbocycles. The minimum absolute atomic E-state index is 0.0507. The van der Waals surface area contributed by atoms with Crippen molar-refractivity contribution in [3.63, 3.8) is 0 Å². The number of hydrogen-bond donors (Lipinski definition) is 2. The molecule has 0 fully saturated rings. The third-order valence-electron chi connectivity index (χ3n) is 5.36. The molecule has 0 aromatic heterocycles. The van der Waals surface area contributed by atoms with Crippen LogP contribution in [0.25, 0.3) is 0 Å². The number of unbranched alkanes of at least 4 members (excludes halogenated alkanes) is 1. The van der Waals surface area contributed by atoms with E-state index in [0.29, 0.717) is 57.9 Å². The number of halogens is 3. The van der Waals surface area contributed by atoms with Gasteiger partial charge >= 0.3 is 6.18 Å². The monoisotopic (exact) mass is 510 g/mol. The largest absolute Gasteiger partial charge is 0.419 e. The number of amidine groups is 1. The molecule has 0 saturated carbocycles. The van der Waals surface area contributed by atoms with Gasteiger partial charge in [-0.05, 0) is 51.4 Å². The van der Waals surface area contributed by atoms with E-state index in [1.807, 2.05) is 50.1 Å². The lowest BCUT2D eigenvalue weighted by Crippen LogP contribution is -2.29. The van der Waals surface area contributed by atoms with E-state index in [0.717, 1.165) is 36.6 Å². The minimum Gasteiger partial charge on any atom is -0.385 e. The highest BCUT2D eigenvalue weighted by Gasteiger charge is 2.36. The molecule has 0 unspecified atom stereocenters. The highest BCUT2D eigenvalue weighted by atomic mass is 19.4. The van der Waals surface area contributed by atoms with Crippen LogP contribution in [0.2, 0.25) is 0 Å². The Hall–Kier alpha value is -2.65. The van der Waals surface area contributed by atoms with Crippen molar-refractivity contribution in [3.05, 3.63) is 53.4 Å². The number of aryl methyl sites for hydroxylation is 1. The summed E-state index contributed by atoms with van der Waals surface area (Å²) in [5.41, 5.74) is 1.16. The number of benzene rings is 1. The first kappa shape index (κ1) is 31.4. The molecule has 9 heteroatoms. The molecule has 0 atom stereocenters. The fourth-order valence-electron chi connectivity index (χ4n) is 3.34. The molecule has 0 amide bonds. The van der Waals surface area contributed by atoms with Crippen LogP contribution in [0.4, 0.5) is 18.9 Å². The summed E-state index contributed by atoms with van der Waals surface area (Å²) < 4.78 is 47.3. The summed E-state index contributed by atoms with van der Waals surface area (Å²) in [5, 5.41) is 6.09. The number of ether oxygens (including phenoxy) is 1. The summed E-state index contributed by atoms with van der Waals surface area (Å²) >= 11 is 0. The predicted octanol–water partition coefficient (Wildman–Crippen LogP) is 5.73. The fraction of sp³-hybridized carbons (Fsp3) is 0.556. The molecule has 0 spiro atoms. The van der Waals surface area contributed by atoms with Crippen LogP contribution in [0.3, 0.4) is 0 Å². The number of rotatable bonds is 17. The summed E-state index contributed by atoms with van der Waals surface area (Å²) in [6, 6.07) is 7.66. The molecule has 2 N–H and O–H groups in total. The summed E-state index contributed by atoms with van der Waals surface area (Å²) in [4.78, 5) is 16.4. The number of aldehydes is 1. The summed E-state index contributed by atoms with van der Waals surface area (Å²) in [7, 11) is 1.93. The number of para-hydroxylation sites is 1. The zero-order valence-corrected chi connectivity index (χ0v) is 22.0. The van der Waals surface area contributed by atoms with Gasteiger partial charge in [-0.15, -0.1) is 0 Å². The van der Waals surface area contributed by atoms with Gasteiger partial charge in [0.05, 0.1) is 18.8 Å². The van der Waals surface area contributed by atoms with Crippen molar-refractivity contribution in [1.29, 1.82) is 0 Å². The topological polar surface area (TPSA) is 66.0 Å². The number of carbonyl (C=O) groups excluding carboxylic acids is 1. The zero-order valence-electron chi connectivity index (χ0n) is 22.0. The van der Waals surface area contributed by atoms with Crippen molar-refractivity contribution in [1.82, 2.24) is 10.2 Å². The molecule has 0 saturated heterocycles. The van der Waals surface area contributed by atoms with E-state index in [9.17, 15) is 18.0 Å². The minimum atomic E-state index is -4.55. The lowest BCUT2D eigenvalue weighted by Gasteiger charge is -2.19. The lowest BCUT2D eigenvalue weighted by molar-refractivity contribution is -0.108. The number of allylic oxidation sites excluding steroid dienone is 2. The Morgan fingerprint density at radius 3 is 2.56 bits per heavy atom. The average Bonchev–Trinajstić information content (AvgIpc) is 2.84. The average molecular weight is 511 g/mol. The highest BCUT2D eigenvalue weighted by molar-refractivity contribution is 5.94. The molecule has 36 heavy (non-hydrogen) atoms. The Morgan fingerprint density at radius 1 is 1.14 bits per heavy atom. The fourth-order valence-corrected chi connectivity index (χ4v) is 3.34. The molecular weight excluding hydrogens is 469 g/mol. The van der Waals surface area contributed by atoms with Crippen LogP contribution < -0.4 is 10.6 Å². The Bertz CT molecular complexity index is 867. The van der Waals surface area contributed by atoms with Crippen molar-refractivity contribution >= 4 is 17.8 Å². The van der Waals surface area contributed by atoms with Gasteiger partial charge in [0.1, 0.15) is 12.1 Å². The molecule has 6 nitrogen and oxygen atoms in total. The number of anilines is 1. The van der Waals surface area contributed by atoms with Crippen molar-refractivity contribution in [2.45, 2.75) is 59.1 Å². The highest BCUT2D eigenvalue weighted by Crippen LogP contribution is 2.30. The SMILES string of the molecule is CCC/C=C(NCCCN(C)CCOCCC=O)/C(=C\N=C(C)Nc1ccccc1CC)C(F)(F)F. The third-order valence-corrected chi connectivity index (χ3v) is 5.36. The van der Waals surface area contributed by atoms with E-state index in [-0.39, 0.29) is 5.70 Å². The van der Waals surface area contributed by atoms with Gasteiger partial charge in [0, 0.05) is 37.1 Å². The number of hydrogen-bond acceptors (Lipinski definition) is 5. The number of carbonyl (C=O) groups is 1. The zero-order chi connectivity index (χ0) is 26.8. The second-order valence-electron chi connectivity index (χ2n) is 8.45. The van der Waals surface area contributed by atoms with E-state index in [1.54, 1.807) is 13.0 Å². The molecule has 0 aliphatic carbocycles. The van der Waals surface area contributed by atoms with E-state index in [4.69, 9.17) is 4.74 Å². The van der Waals surface area contributed by atoms with Gasteiger partial charge in [0.25, 0.3) is 0 Å². The predicted molar refractivity (Wildman–Crippen MR) is 141 cm³/mol. The van der Waals surface area contributed by atoms with Crippen molar-refractivity contribution in [2.75, 3.05) is 45.2 Å². The van der Waals surface area contributed by atoms with Crippen LogP contribution in [0, 0.1) is 0 Å². The molecule has 0 aliphatic rings. The first-order chi connectivity index (χ1) is 17.2. The first-order valence-electron chi connectivity index (χ1n) is 12.5. The first-order valence-corrected chi connectivity index (χ1v) is 12.5. The normalized spacial score (nSPS) is 13.3. The van der Waals surface area contributed by atoms with Crippen molar-refractivity contribution in [3.8, 4) is 0 Å². The number of aliphatic imine (C=N–C) groups is 1. The van der Waals surface area contributed by atoms with E-state index < -0.39 is 11.7 Å². The summed E-state index contributed by atoms with van der Waals surface area (Å²) in [6.45, 7) is 8.29. The summed E-state index contributed by atoms with van der Waals surface area (Å²) in [6.07, 6.45) is 1.86. The number of nitrogens with zero attached hydrogens (tertiary/aromatic N) is 2. The van der Waals surface area contributed by atoms with Crippen molar-refractivity contribution < 1.29 is 22.7 Å². The number of likely N-dealkylation sites (N-methyl/N-ethyl adjacent to an activating group) is 1. The summed E-state index contributed by atoms with van der Waals surface area (Å²) in [5.74, 6) is 0.379. The van der Waals surface area contributed by atoms with E-state index in [1.165, 1.54) is 0 Å². The maximum Gasteiger partial charge on any atom is 0.419 e. The Balaban J connectivity index is 2.83. The number of alkyl halides is 3. The van der Waals surface area contributed by atoms with Gasteiger partial charge < -0.3 is 25.1 Å². The Labute approximate surface area is 213 Å². The lowest BCUT2D eigenvalue weighted by atomic mass is 10.1. The van der Waals surface area contributed by atoms with Crippen LogP contribution in [-0.4, -0.2) is 63.1 Å². The van der Waals surface area contributed by atoms with Gasteiger partial charge in [-0.25, -0.2) is 4.99 Å². The van der Waals surface area contributed by atoms with Crippen LogP contribution in [0.15, 0.2) is 52.8 Å². The quantitative estimate of drug-likeness (QED) is 0.0922. The van der Waals surface area contributed by atoms with Gasteiger partial charge in [-0.2, -0.15) is 13.2 Å². The molecule has 0 bridgehead atoms.